The molecule has 0 aromatic rings. The van der Waals surface area contributed by atoms with Crippen LogP contribution in [0.25, 0.3) is 0 Å². The molecule has 1 nitrogen and oxygen atoms in total. The summed E-state index contributed by atoms with van der Waals surface area (Å²) in [6, 6.07) is 0. The van der Waals surface area contributed by atoms with Crippen LogP contribution in [0.4, 0.5) is 0 Å². The third-order valence-corrected chi connectivity index (χ3v) is 1.71. The minimum Gasteiger partial charge on any atom is -0.321 e. The molecule has 0 rings (SSSR count). The van der Waals surface area contributed by atoms with Crippen molar-refractivity contribution in [2.45, 2.75) is 0 Å². The van der Waals surface area contributed by atoms with E-state index in [9.17, 15) is 0 Å². The van der Waals surface area contributed by atoms with Crippen molar-refractivity contribution >= 4 is 41.1 Å². The van der Waals surface area contributed by atoms with E-state index in [0.717, 1.165) is 0 Å². The maximum atomic E-state index is 5.25. The predicted octanol–water partition coefficient (Wildman–Crippen LogP) is 3.03. The zero-order valence-electron chi connectivity index (χ0n) is 3.73. The fourth-order valence-electron chi connectivity index (χ4n) is 0.0925. The minimum atomic E-state index is -1.18. The van der Waals surface area contributed by atoms with E-state index >= 15 is 0 Å². The average Bonchev–Trinajstić information content (AvgIpc) is 1.61. The van der Waals surface area contributed by atoms with Crippen molar-refractivity contribution in [3.8, 4) is 0 Å². The standard InChI is InChI=1S/C2H5Cl2OPS/c1-7-2-5-6(3)4/h2H2,1H3. The maximum Gasteiger partial charge on any atom is 0.226 e. The molecule has 0 bridgehead atoms. The van der Waals surface area contributed by atoms with Crippen molar-refractivity contribution in [2.75, 3.05) is 12.2 Å². The van der Waals surface area contributed by atoms with Gasteiger partial charge >= 0.3 is 0 Å². The monoisotopic (exact) mass is 178 g/mol. The van der Waals surface area contributed by atoms with Crippen molar-refractivity contribution in [1.82, 2.24) is 0 Å². The molecule has 0 saturated heterocycles. The highest BCUT2D eigenvalue weighted by atomic mass is 35.9. The van der Waals surface area contributed by atoms with Crippen molar-refractivity contribution in [1.29, 1.82) is 0 Å². The Morgan fingerprint density at radius 2 is 2.29 bits per heavy atom. The molecule has 0 N–H and O–H groups in total. The van der Waals surface area contributed by atoms with Crippen LogP contribution in [-0.2, 0) is 4.52 Å². The fourth-order valence-corrected chi connectivity index (χ4v) is 1.55. The van der Waals surface area contributed by atoms with E-state index in [0.29, 0.717) is 5.94 Å². The van der Waals surface area contributed by atoms with Crippen LogP contribution in [0.5, 0.6) is 0 Å². The minimum absolute atomic E-state index is 0.582. The second-order valence-electron chi connectivity index (χ2n) is 0.738. The van der Waals surface area contributed by atoms with Gasteiger partial charge in [0.2, 0.25) is 6.85 Å². The molecule has 0 aliphatic rings. The first-order chi connectivity index (χ1) is 3.27. The first kappa shape index (κ1) is 8.32. The zero-order chi connectivity index (χ0) is 5.70. The molecule has 0 amide bonds. The van der Waals surface area contributed by atoms with E-state index in [-0.39, 0.29) is 0 Å². The van der Waals surface area contributed by atoms with Gasteiger partial charge in [0, 0.05) is 0 Å². The van der Waals surface area contributed by atoms with Gasteiger partial charge in [-0.2, -0.15) is 0 Å². The molecule has 44 valence electrons. The number of hydrogen-bond acceptors (Lipinski definition) is 2. The summed E-state index contributed by atoms with van der Waals surface area (Å²) in [4.78, 5) is 0. The normalized spacial score (nSPS) is 10.3. The molecule has 0 unspecified atom stereocenters. The van der Waals surface area contributed by atoms with Crippen LogP contribution in [0.1, 0.15) is 0 Å². The fraction of sp³-hybridized carbons (Fsp3) is 1.00. The summed E-state index contributed by atoms with van der Waals surface area (Å²) in [7, 11) is 0. The molecule has 5 heteroatoms. The van der Waals surface area contributed by atoms with Crippen LogP contribution in [0.3, 0.4) is 0 Å². The van der Waals surface area contributed by atoms with Crippen LogP contribution in [0.2, 0.25) is 0 Å². The SMILES string of the molecule is CSCOP(Cl)Cl. The second-order valence-corrected chi connectivity index (χ2v) is 4.57. The van der Waals surface area contributed by atoms with Crippen LogP contribution >= 0.6 is 41.1 Å². The van der Waals surface area contributed by atoms with Gasteiger partial charge in [-0.3, -0.25) is 0 Å². The van der Waals surface area contributed by atoms with E-state index in [1.54, 1.807) is 11.8 Å². The quantitative estimate of drug-likeness (QED) is 0.486. The van der Waals surface area contributed by atoms with Crippen molar-refractivity contribution in [3.05, 3.63) is 0 Å². The molecule has 0 aliphatic heterocycles. The Labute approximate surface area is 58.1 Å². The Morgan fingerprint density at radius 1 is 1.71 bits per heavy atom. The number of hydrogen-bond donors (Lipinski definition) is 0. The highest BCUT2D eigenvalue weighted by Crippen LogP contribution is 2.48. The summed E-state index contributed by atoms with van der Waals surface area (Å²) in [5.41, 5.74) is 0. The molecule has 0 heterocycles. The molecule has 0 aromatic carbocycles. The van der Waals surface area contributed by atoms with E-state index in [4.69, 9.17) is 27.0 Å². The predicted molar refractivity (Wildman–Crippen MR) is 38.1 cm³/mol. The third kappa shape index (κ3) is 7.32. The Morgan fingerprint density at radius 3 is 2.43 bits per heavy atom. The van der Waals surface area contributed by atoms with Gasteiger partial charge in [-0.1, -0.05) is 0 Å². The zero-order valence-corrected chi connectivity index (χ0v) is 6.95. The van der Waals surface area contributed by atoms with Crippen LogP contribution in [-0.4, -0.2) is 12.2 Å². The smallest absolute Gasteiger partial charge is 0.226 e. The molecule has 0 aromatic heterocycles. The lowest BCUT2D eigenvalue weighted by molar-refractivity contribution is 0.456. The molecule has 0 saturated carbocycles. The second kappa shape index (κ2) is 5.46. The maximum absolute atomic E-state index is 5.25. The lowest BCUT2D eigenvalue weighted by Gasteiger charge is -1.96. The van der Waals surface area contributed by atoms with Gasteiger partial charge in [0.05, 0.1) is 5.94 Å². The van der Waals surface area contributed by atoms with Gasteiger partial charge in [-0.15, -0.1) is 11.8 Å². The van der Waals surface area contributed by atoms with Crippen LogP contribution < -0.4 is 0 Å². The first-order valence-corrected chi connectivity index (χ1v) is 5.97. The number of halogens is 2. The first-order valence-electron chi connectivity index (χ1n) is 1.51. The highest BCUT2D eigenvalue weighted by Gasteiger charge is 1.94. The molecule has 0 fully saturated rings. The Balaban J connectivity index is 2.68. The van der Waals surface area contributed by atoms with E-state index < -0.39 is 6.85 Å². The van der Waals surface area contributed by atoms with Crippen LogP contribution in [0, 0.1) is 0 Å². The third-order valence-electron chi connectivity index (χ3n) is 0.268. The van der Waals surface area contributed by atoms with Crippen LogP contribution in [0.15, 0.2) is 0 Å². The molecular weight excluding hydrogens is 174 g/mol. The Hall–Kier alpha value is 1.32. The topological polar surface area (TPSA) is 9.23 Å². The van der Waals surface area contributed by atoms with Gasteiger partial charge in [0.1, 0.15) is 0 Å². The van der Waals surface area contributed by atoms with Gasteiger partial charge < -0.3 is 4.52 Å². The van der Waals surface area contributed by atoms with Crippen molar-refractivity contribution in [2.24, 2.45) is 0 Å². The largest absolute Gasteiger partial charge is 0.321 e. The van der Waals surface area contributed by atoms with E-state index in [1.165, 1.54) is 0 Å². The van der Waals surface area contributed by atoms with Crippen molar-refractivity contribution in [3.63, 3.8) is 0 Å². The molecular formula is C2H5Cl2OPS. The molecule has 0 aliphatic carbocycles. The number of thioether (sulfide) groups is 1. The summed E-state index contributed by atoms with van der Waals surface area (Å²) in [5, 5.41) is 0. The molecule has 0 spiro atoms. The summed E-state index contributed by atoms with van der Waals surface area (Å²) < 4.78 is 4.75. The van der Waals surface area contributed by atoms with Gasteiger partial charge in [-0.25, -0.2) is 0 Å². The average molecular weight is 179 g/mol. The summed E-state index contributed by atoms with van der Waals surface area (Å²) >= 11 is 12.1. The van der Waals surface area contributed by atoms with Gasteiger partial charge in [0.25, 0.3) is 0 Å². The Bertz CT molecular complexity index is 44.7. The van der Waals surface area contributed by atoms with Gasteiger partial charge in [0.15, 0.2) is 0 Å². The van der Waals surface area contributed by atoms with E-state index in [2.05, 4.69) is 0 Å². The summed E-state index contributed by atoms with van der Waals surface area (Å²) in [5.74, 6) is 0.582. The number of rotatable bonds is 3. The Kier molecular flexibility index (Phi) is 6.49. The molecule has 7 heavy (non-hydrogen) atoms. The highest BCUT2D eigenvalue weighted by molar-refractivity contribution is 8.02. The van der Waals surface area contributed by atoms with Crippen molar-refractivity contribution < 1.29 is 4.52 Å². The lowest BCUT2D eigenvalue weighted by atomic mass is 11.7. The summed E-state index contributed by atoms with van der Waals surface area (Å²) in [6.07, 6.45) is 1.92. The molecule has 0 atom stereocenters. The van der Waals surface area contributed by atoms with E-state index in [1.807, 2.05) is 6.26 Å². The van der Waals surface area contributed by atoms with Gasteiger partial charge in [-0.05, 0) is 28.7 Å². The summed E-state index contributed by atoms with van der Waals surface area (Å²) in [6.45, 7) is -1.18. The lowest BCUT2D eigenvalue weighted by Crippen LogP contribution is -1.72. The molecule has 0 radical (unpaired) electrons.